The molecule has 5 rings (SSSR count). The van der Waals surface area contributed by atoms with Gasteiger partial charge in [0.1, 0.15) is 5.78 Å². The molecule has 4 heteroatoms. The number of ketones is 1. The fourth-order valence-electron chi connectivity index (χ4n) is 7.37. The number of nitrogens with zero attached hydrogens (tertiary/aromatic N) is 1. The van der Waals surface area contributed by atoms with Crippen LogP contribution in [0.4, 0.5) is 0 Å². The first kappa shape index (κ1) is 14.4. The highest BCUT2D eigenvalue weighted by atomic mass is 16.3. The molecule has 5 aliphatic rings. The van der Waals surface area contributed by atoms with Gasteiger partial charge >= 0.3 is 0 Å². The van der Waals surface area contributed by atoms with E-state index in [9.17, 15) is 14.7 Å². The Morgan fingerprint density at radius 3 is 2.70 bits per heavy atom. The van der Waals surface area contributed by atoms with Gasteiger partial charge < -0.3 is 10.0 Å². The minimum absolute atomic E-state index is 0.0261. The first-order valence-corrected chi connectivity index (χ1v) is 9.46. The van der Waals surface area contributed by atoms with E-state index >= 15 is 0 Å². The number of hydrogen-bond acceptors (Lipinski definition) is 3. The number of hydrogen-bond donors (Lipinski definition) is 1. The molecule has 126 valence electrons. The van der Waals surface area contributed by atoms with E-state index in [0.717, 1.165) is 38.6 Å². The number of carbonyl (C=O) groups excluding carboxylic acids is 2. The number of rotatable bonds is 0. The van der Waals surface area contributed by atoms with E-state index < -0.39 is 0 Å². The first-order valence-electron chi connectivity index (χ1n) is 9.46. The normalized spacial score (nSPS) is 57.4. The highest BCUT2D eigenvalue weighted by Crippen LogP contribution is 2.64. The zero-order chi connectivity index (χ0) is 16.1. The summed E-state index contributed by atoms with van der Waals surface area (Å²) in [5, 5.41) is 10.7. The smallest absolute Gasteiger partial charge is 0.226 e. The van der Waals surface area contributed by atoms with Crippen LogP contribution in [0.25, 0.3) is 0 Å². The number of aliphatic hydroxyl groups is 1. The number of Topliss-reactive ketones (excluding diaryl/α,β-unsaturated/α-hetero) is 1. The average Bonchev–Trinajstić information content (AvgIpc) is 2.97. The summed E-state index contributed by atoms with van der Waals surface area (Å²) in [4.78, 5) is 28.3. The second-order valence-corrected chi connectivity index (χ2v) is 9.14. The van der Waals surface area contributed by atoms with Crippen LogP contribution in [0.15, 0.2) is 0 Å². The molecule has 0 aromatic carbocycles. The topological polar surface area (TPSA) is 57.6 Å². The molecule has 9 atom stereocenters. The van der Waals surface area contributed by atoms with Gasteiger partial charge in [-0.1, -0.05) is 13.8 Å². The van der Waals surface area contributed by atoms with Crippen LogP contribution in [0.2, 0.25) is 0 Å². The number of fused-ring (bicyclic) bond motifs is 3. The predicted molar refractivity (Wildman–Crippen MR) is 84.3 cm³/mol. The summed E-state index contributed by atoms with van der Waals surface area (Å²) in [6, 6.07) is 0.232. The summed E-state index contributed by atoms with van der Waals surface area (Å²) in [5.41, 5.74) is -0.103. The van der Waals surface area contributed by atoms with Crippen LogP contribution >= 0.6 is 0 Å². The number of amides is 1. The molecule has 3 saturated carbocycles. The van der Waals surface area contributed by atoms with Gasteiger partial charge in [-0.05, 0) is 49.9 Å². The third-order valence-electron chi connectivity index (χ3n) is 8.58. The first-order chi connectivity index (χ1) is 10.9. The number of aliphatic hydroxyl groups excluding tert-OH is 1. The number of piperidine rings is 1. The molecule has 0 aromatic rings. The Morgan fingerprint density at radius 2 is 1.91 bits per heavy atom. The van der Waals surface area contributed by atoms with E-state index in [-0.39, 0.29) is 47.1 Å². The largest absolute Gasteiger partial charge is 0.393 e. The molecule has 0 spiro atoms. The fourth-order valence-corrected chi connectivity index (χ4v) is 7.37. The van der Waals surface area contributed by atoms with Gasteiger partial charge in [0.25, 0.3) is 0 Å². The Labute approximate surface area is 137 Å². The molecule has 3 unspecified atom stereocenters. The molecule has 1 N–H and O–H groups in total. The molecule has 2 bridgehead atoms. The van der Waals surface area contributed by atoms with Gasteiger partial charge in [0.05, 0.1) is 6.10 Å². The Morgan fingerprint density at radius 1 is 1.17 bits per heavy atom. The van der Waals surface area contributed by atoms with Crippen molar-refractivity contribution in [2.24, 2.45) is 40.9 Å². The van der Waals surface area contributed by atoms with Crippen LogP contribution in [0.5, 0.6) is 0 Å². The molecule has 2 heterocycles. The Hall–Kier alpha value is -0.900. The lowest BCUT2D eigenvalue weighted by molar-refractivity contribution is -0.165. The van der Waals surface area contributed by atoms with Crippen molar-refractivity contribution < 1.29 is 14.7 Å². The lowest BCUT2D eigenvalue weighted by Crippen LogP contribution is -2.63. The molecule has 2 aliphatic heterocycles. The highest BCUT2D eigenvalue weighted by molar-refractivity contribution is 5.94. The van der Waals surface area contributed by atoms with Crippen LogP contribution in [0.3, 0.4) is 0 Å². The van der Waals surface area contributed by atoms with E-state index in [4.69, 9.17) is 0 Å². The lowest BCUT2D eigenvalue weighted by atomic mass is 9.52. The Bertz CT molecular complexity index is 589. The molecule has 0 radical (unpaired) electrons. The molecule has 1 amide bonds. The van der Waals surface area contributed by atoms with Crippen molar-refractivity contribution in [1.82, 2.24) is 4.90 Å². The zero-order valence-corrected chi connectivity index (χ0v) is 14.1. The summed E-state index contributed by atoms with van der Waals surface area (Å²) in [5.74, 6) is 1.32. The molecule has 2 saturated heterocycles. The SMILES string of the molecule is C[C@@H]1C(=O)N2C[C@H]3CCC4CCC(O)C4[C@H]4C(=O)[C@@H]1C[C@@H]2[C@@]34C. The monoisotopic (exact) mass is 317 g/mol. The van der Waals surface area contributed by atoms with Gasteiger partial charge in [-0.15, -0.1) is 0 Å². The molecular formula is C19H27NO3. The minimum atomic E-state index is -0.316. The second-order valence-electron chi connectivity index (χ2n) is 9.14. The fraction of sp³-hybridized carbons (Fsp3) is 0.895. The van der Waals surface area contributed by atoms with E-state index in [1.54, 1.807) is 0 Å². The van der Waals surface area contributed by atoms with Crippen LogP contribution in [-0.4, -0.2) is 40.4 Å². The minimum Gasteiger partial charge on any atom is -0.393 e. The van der Waals surface area contributed by atoms with Gasteiger partial charge in [-0.25, -0.2) is 0 Å². The van der Waals surface area contributed by atoms with Crippen LogP contribution < -0.4 is 0 Å². The lowest BCUT2D eigenvalue weighted by Gasteiger charge is -2.54. The van der Waals surface area contributed by atoms with Gasteiger partial charge in [0, 0.05) is 35.8 Å². The third kappa shape index (κ3) is 1.52. The van der Waals surface area contributed by atoms with Crippen molar-refractivity contribution in [3.05, 3.63) is 0 Å². The molecule has 0 aromatic heterocycles. The quantitative estimate of drug-likeness (QED) is 0.742. The second kappa shape index (κ2) is 4.38. The van der Waals surface area contributed by atoms with Gasteiger partial charge in [-0.3, -0.25) is 9.59 Å². The summed E-state index contributed by atoms with van der Waals surface area (Å²) in [6.45, 7) is 5.07. The maximum Gasteiger partial charge on any atom is 0.226 e. The maximum absolute atomic E-state index is 13.5. The predicted octanol–water partition coefficient (Wildman–Crippen LogP) is 1.86. The highest BCUT2D eigenvalue weighted by Gasteiger charge is 2.69. The van der Waals surface area contributed by atoms with Crippen molar-refractivity contribution in [1.29, 1.82) is 0 Å². The number of carbonyl (C=O) groups is 2. The zero-order valence-electron chi connectivity index (χ0n) is 14.1. The van der Waals surface area contributed by atoms with E-state index in [0.29, 0.717) is 17.6 Å². The average molecular weight is 317 g/mol. The Kier molecular flexibility index (Phi) is 2.75. The molecule has 5 fully saturated rings. The summed E-state index contributed by atoms with van der Waals surface area (Å²) in [6.07, 6.45) is 4.72. The van der Waals surface area contributed by atoms with Crippen LogP contribution in [-0.2, 0) is 9.59 Å². The Balaban J connectivity index is 1.69. The van der Waals surface area contributed by atoms with Gasteiger partial charge in [0.2, 0.25) is 5.91 Å². The molecule has 3 aliphatic carbocycles. The molecular weight excluding hydrogens is 290 g/mol. The van der Waals surface area contributed by atoms with E-state index in [1.807, 2.05) is 6.92 Å². The molecule has 4 nitrogen and oxygen atoms in total. The van der Waals surface area contributed by atoms with E-state index in [1.165, 1.54) is 0 Å². The van der Waals surface area contributed by atoms with E-state index in [2.05, 4.69) is 11.8 Å². The summed E-state index contributed by atoms with van der Waals surface area (Å²) < 4.78 is 0. The van der Waals surface area contributed by atoms with Gasteiger partial charge in [-0.2, -0.15) is 0 Å². The summed E-state index contributed by atoms with van der Waals surface area (Å²) in [7, 11) is 0. The van der Waals surface area contributed by atoms with Gasteiger partial charge in [0.15, 0.2) is 0 Å². The van der Waals surface area contributed by atoms with Crippen molar-refractivity contribution in [3.63, 3.8) is 0 Å². The van der Waals surface area contributed by atoms with Crippen molar-refractivity contribution in [2.45, 2.75) is 58.1 Å². The van der Waals surface area contributed by atoms with Crippen LogP contribution in [0, 0.1) is 40.9 Å². The van der Waals surface area contributed by atoms with Crippen LogP contribution in [0.1, 0.15) is 46.0 Å². The van der Waals surface area contributed by atoms with Crippen molar-refractivity contribution in [2.75, 3.05) is 6.54 Å². The van der Waals surface area contributed by atoms with Crippen molar-refractivity contribution >= 4 is 11.7 Å². The standard InChI is InChI=1S/C19H27NO3/c1-9-12-7-14-19(2)11(8-20(14)18(9)23)5-3-10-4-6-13(21)15(10)16(19)17(12)22/h9-16,21H,3-8H2,1-2H3/t9-,10?,11+,12+,13?,14+,15?,16-,19+/m0/s1. The molecule has 23 heavy (non-hydrogen) atoms. The third-order valence-corrected chi connectivity index (χ3v) is 8.58. The maximum atomic E-state index is 13.5. The van der Waals surface area contributed by atoms with Crippen molar-refractivity contribution in [3.8, 4) is 0 Å². The summed E-state index contributed by atoms with van der Waals surface area (Å²) >= 11 is 0.